The molecule has 0 saturated heterocycles. The number of thioether (sulfide) groups is 1. The maximum Gasteiger partial charge on any atom is 0.335 e. The van der Waals surface area contributed by atoms with Crippen molar-refractivity contribution in [3.05, 3.63) is 23.4 Å². The Morgan fingerprint density at radius 2 is 2.21 bits per heavy atom. The molecule has 4 heteroatoms. The van der Waals surface area contributed by atoms with Crippen LogP contribution in [-0.4, -0.2) is 21.8 Å². The van der Waals surface area contributed by atoms with E-state index in [1.165, 1.54) is 0 Å². The molecule has 14 heavy (non-hydrogen) atoms. The fourth-order valence-electron chi connectivity index (χ4n) is 1.09. The second-order valence-electron chi connectivity index (χ2n) is 2.78. The summed E-state index contributed by atoms with van der Waals surface area (Å²) >= 11 is 1.56. The van der Waals surface area contributed by atoms with Gasteiger partial charge in [0, 0.05) is 5.69 Å². The highest BCUT2D eigenvalue weighted by Crippen LogP contribution is 2.17. The molecule has 0 aliphatic carbocycles. The molecule has 0 spiro atoms. The summed E-state index contributed by atoms with van der Waals surface area (Å²) in [6.07, 6.45) is 0.762. The van der Waals surface area contributed by atoms with Gasteiger partial charge in [-0.15, -0.1) is 11.8 Å². The van der Waals surface area contributed by atoms with Crippen molar-refractivity contribution >= 4 is 17.7 Å². The van der Waals surface area contributed by atoms with E-state index in [-0.39, 0.29) is 0 Å². The molecule has 0 aliphatic rings. The molecule has 0 amide bonds. The molecule has 0 saturated carbocycles. The minimum atomic E-state index is -0.889. The van der Waals surface area contributed by atoms with Crippen LogP contribution < -0.4 is 0 Å². The van der Waals surface area contributed by atoms with E-state index in [9.17, 15) is 4.79 Å². The summed E-state index contributed by atoms with van der Waals surface area (Å²) in [7, 11) is 0. The molecular formula is C10H13NO2S. The normalized spacial score (nSPS) is 10.1. The van der Waals surface area contributed by atoms with Gasteiger partial charge in [0.25, 0.3) is 0 Å². The Morgan fingerprint density at radius 1 is 1.50 bits per heavy atom. The highest BCUT2D eigenvalue weighted by atomic mass is 32.2. The molecular weight excluding hydrogens is 198 g/mol. The second kappa shape index (κ2) is 5.00. The van der Waals surface area contributed by atoms with Crippen molar-refractivity contribution in [2.24, 2.45) is 0 Å². The predicted molar refractivity (Wildman–Crippen MR) is 57.0 cm³/mol. The van der Waals surface area contributed by atoms with Crippen molar-refractivity contribution in [1.29, 1.82) is 0 Å². The van der Waals surface area contributed by atoms with Crippen LogP contribution in [0.25, 0.3) is 0 Å². The van der Waals surface area contributed by atoms with Gasteiger partial charge in [-0.1, -0.05) is 13.8 Å². The summed E-state index contributed by atoms with van der Waals surface area (Å²) < 4.78 is 0. The van der Waals surface area contributed by atoms with Crippen LogP contribution in [0.5, 0.6) is 0 Å². The SMILES string of the molecule is CCSc1cc(C(=O)O)cc(CC)n1. The fourth-order valence-corrected chi connectivity index (χ4v) is 1.77. The molecule has 1 N–H and O–H groups in total. The van der Waals surface area contributed by atoms with Crippen molar-refractivity contribution in [3.8, 4) is 0 Å². The minimum absolute atomic E-state index is 0.327. The van der Waals surface area contributed by atoms with Gasteiger partial charge in [0.2, 0.25) is 0 Å². The van der Waals surface area contributed by atoms with Gasteiger partial charge in [-0.3, -0.25) is 0 Å². The largest absolute Gasteiger partial charge is 0.478 e. The lowest BCUT2D eigenvalue weighted by Crippen LogP contribution is -2.00. The summed E-state index contributed by atoms with van der Waals surface area (Å²) in [5.41, 5.74) is 1.16. The first-order valence-electron chi connectivity index (χ1n) is 4.54. The number of hydrogen-bond acceptors (Lipinski definition) is 3. The van der Waals surface area contributed by atoms with Gasteiger partial charge in [-0.25, -0.2) is 9.78 Å². The summed E-state index contributed by atoms with van der Waals surface area (Å²) in [5, 5.41) is 9.66. The first-order valence-corrected chi connectivity index (χ1v) is 5.53. The summed E-state index contributed by atoms with van der Waals surface area (Å²) in [6, 6.07) is 3.25. The summed E-state index contributed by atoms with van der Waals surface area (Å²) in [6.45, 7) is 3.99. The number of hydrogen-bond donors (Lipinski definition) is 1. The number of aromatic nitrogens is 1. The number of pyridine rings is 1. The van der Waals surface area contributed by atoms with Crippen LogP contribution in [0, 0.1) is 0 Å². The zero-order valence-electron chi connectivity index (χ0n) is 8.28. The van der Waals surface area contributed by atoms with Crippen molar-refractivity contribution in [2.45, 2.75) is 25.3 Å². The zero-order valence-corrected chi connectivity index (χ0v) is 9.10. The predicted octanol–water partition coefficient (Wildman–Crippen LogP) is 2.45. The number of carbonyl (C=O) groups is 1. The average molecular weight is 211 g/mol. The number of aromatic carboxylic acids is 1. The van der Waals surface area contributed by atoms with Crippen LogP contribution in [0.4, 0.5) is 0 Å². The van der Waals surface area contributed by atoms with Crippen molar-refractivity contribution in [1.82, 2.24) is 4.98 Å². The first kappa shape index (κ1) is 11.0. The Morgan fingerprint density at radius 3 is 2.71 bits per heavy atom. The van der Waals surface area contributed by atoms with Gasteiger partial charge in [0.15, 0.2) is 0 Å². The van der Waals surface area contributed by atoms with Gasteiger partial charge in [0.05, 0.1) is 10.6 Å². The van der Waals surface area contributed by atoms with Gasteiger partial charge in [-0.2, -0.15) is 0 Å². The van der Waals surface area contributed by atoms with Crippen molar-refractivity contribution < 1.29 is 9.90 Å². The van der Waals surface area contributed by atoms with E-state index in [4.69, 9.17) is 5.11 Å². The Balaban J connectivity index is 3.06. The van der Waals surface area contributed by atoms with E-state index in [2.05, 4.69) is 4.98 Å². The van der Waals surface area contributed by atoms with Gasteiger partial charge in [-0.05, 0) is 24.3 Å². The van der Waals surface area contributed by atoms with Crippen LogP contribution in [0.1, 0.15) is 29.9 Å². The number of carboxylic acids is 1. The van der Waals surface area contributed by atoms with E-state index in [1.807, 2.05) is 13.8 Å². The second-order valence-corrected chi connectivity index (χ2v) is 4.06. The summed E-state index contributed by atoms with van der Waals surface area (Å²) in [4.78, 5) is 15.1. The topological polar surface area (TPSA) is 50.2 Å². The molecule has 0 aliphatic heterocycles. The van der Waals surface area contributed by atoms with Crippen LogP contribution in [0.3, 0.4) is 0 Å². The Kier molecular flexibility index (Phi) is 3.95. The molecule has 76 valence electrons. The van der Waals surface area contributed by atoms with E-state index in [1.54, 1.807) is 23.9 Å². The maximum atomic E-state index is 10.8. The molecule has 1 heterocycles. The van der Waals surface area contributed by atoms with E-state index in [0.29, 0.717) is 5.56 Å². The van der Waals surface area contributed by atoms with E-state index in [0.717, 1.165) is 22.9 Å². The fraction of sp³-hybridized carbons (Fsp3) is 0.400. The number of carboxylic acid groups (broad SMARTS) is 1. The third kappa shape index (κ3) is 2.73. The molecule has 0 atom stereocenters. The third-order valence-electron chi connectivity index (χ3n) is 1.76. The van der Waals surface area contributed by atoms with Gasteiger partial charge in [0.1, 0.15) is 0 Å². The number of rotatable bonds is 4. The van der Waals surface area contributed by atoms with Crippen LogP contribution in [0.15, 0.2) is 17.2 Å². The van der Waals surface area contributed by atoms with Gasteiger partial charge < -0.3 is 5.11 Å². The van der Waals surface area contributed by atoms with Crippen LogP contribution >= 0.6 is 11.8 Å². The van der Waals surface area contributed by atoms with Gasteiger partial charge >= 0.3 is 5.97 Å². The number of aryl methyl sites for hydroxylation is 1. The van der Waals surface area contributed by atoms with E-state index >= 15 is 0 Å². The molecule has 1 aromatic heterocycles. The minimum Gasteiger partial charge on any atom is -0.478 e. The molecule has 0 fully saturated rings. The molecule has 0 bridgehead atoms. The standard InChI is InChI=1S/C10H13NO2S/c1-3-8-5-7(10(12)13)6-9(11-8)14-4-2/h5-6H,3-4H2,1-2H3,(H,12,13). The first-order chi connectivity index (χ1) is 6.67. The quantitative estimate of drug-likeness (QED) is 0.777. The molecule has 3 nitrogen and oxygen atoms in total. The van der Waals surface area contributed by atoms with Crippen LogP contribution in [-0.2, 0) is 6.42 Å². The average Bonchev–Trinajstić information content (AvgIpc) is 2.17. The van der Waals surface area contributed by atoms with Crippen molar-refractivity contribution in [3.63, 3.8) is 0 Å². The lowest BCUT2D eigenvalue weighted by molar-refractivity contribution is 0.0696. The maximum absolute atomic E-state index is 10.8. The highest BCUT2D eigenvalue weighted by molar-refractivity contribution is 7.99. The Hall–Kier alpha value is -1.03. The molecule has 1 rings (SSSR count). The van der Waals surface area contributed by atoms with Crippen LogP contribution in [0.2, 0.25) is 0 Å². The lowest BCUT2D eigenvalue weighted by atomic mass is 10.2. The Labute approximate surface area is 87.6 Å². The monoisotopic (exact) mass is 211 g/mol. The highest BCUT2D eigenvalue weighted by Gasteiger charge is 2.07. The smallest absolute Gasteiger partial charge is 0.335 e. The molecule has 0 aromatic carbocycles. The lowest BCUT2D eigenvalue weighted by Gasteiger charge is -2.03. The zero-order chi connectivity index (χ0) is 10.6. The van der Waals surface area contributed by atoms with Crippen molar-refractivity contribution in [2.75, 3.05) is 5.75 Å². The third-order valence-corrected chi connectivity index (χ3v) is 2.55. The molecule has 0 unspecified atom stereocenters. The molecule has 1 aromatic rings. The van der Waals surface area contributed by atoms with E-state index < -0.39 is 5.97 Å². The summed E-state index contributed by atoms with van der Waals surface area (Å²) in [5.74, 6) is 0.0132. The molecule has 0 radical (unpaired) electrons. The number of nitrogens with zero attached hydrogens (tertiary/aromatic N) is 1. The Bertz CT molecular complexity index is 339.